The van der Waals surface area contributed by atoms with Crippen LogP contribution in [0.4, 0.5) is 0 Å². The van der Waals surface area contributed by atoms with E-state index in [4.69, 9.17) is 5.73 Å². The van der Waals surface area contributed by atoms with Crippen molar-refractivity contribution < 1.29 is 4.79 Å². The number of nitrogens with one attached hydrogen (secondary N) is 1. The van der Waals surface area contributed by atoms with Crippen LogP contribution in [-0.4, -0.2) is 11.9 Å². The minimum atomic E-state index is -0.414. The first-order valence-electron chi connectivity index (χ1n) is 7.15. The Kier molecular flexibility index (Phi) is 6.57. The van der Waals surface area contributed by atoms with Gasteiger partial charge in [-0.05, 0) is 24.3 Å². The van der Waals surface area contributed by atoms with Gasteiger partial charge in [0.1, 0.15) is 0 Å². The molecule has 1 aromatic carbocycles. The van der Waals surface area contributed by atoms with Crippen LogP contribution in [0.2, 0.25) is 0 Å². The predicted molar refractivity (Wildman–Crippen MR) is 79.7 cm³/mol. The summed E-state index contributed by atoms with van der Waals surface area (Å²) in [6.45, 7) is 6.28. The topological polar surface area (TPSA) is 55.1 Å². The Morgan fingerprint density at radius 1 is 1.26 bits per heavy atom. The fraction of sp³-hybridized carbons (Fsp3) is 0.562. The van der Waals surface area contributed by atoms with Crippen LogP contribution in [-0.2, 0) is 4.79 Å². The van der Waals surface area contributed by atoms with Crippen molar-refractivity contribution in [1.29, 1.82) is 0 Å². The molecule has 0 heterocycles. The molecule has 0 aromatic heterocycles. The van der Waals surface area contributed by atoms with Crippen LogP contribution < -0.4 is 11.1 Å². The lowest BCUT2D eigenvalue weighted by Crippen LogP contribution is -2.42. The largest absolute Gasteiger partial charge is 0.348 e. The Labute approximate surface area is 116 Å². The van der Waals surface area contributed by atoms with Crippen molar-refractivity contribution in [2.24, 2.45) is 11.7 Å². The lowest BCUT2D eigenvalue weighted by molar-refractivity contribution is -0.123. The third-order valence-electron chi connectivity index (χ3n) is 3.16. The number of hydrogen-bond acceptors (Lipinski definition) is 2. The summed E-state index contributed by atoms with van der Waals surface area (Å²) in [4.78, 5) is 12.1. The highest BCUT2D eigenvalue weighted by Crippen LogP contribution is 2.18. The first kappa shape index (κ1) is 15.7. The third-order valence-corrected chi connectivity index (χ3v) is 3.16. The fourth-order valence-corrected chi connectivity index (χ4v) is 2.19. The smallest absolute Gasteiger partial charge is 0.237 e. The quantitative estimate of drug-likeness (QED) is 0.793. The van der Waals surface area contributed by atoms with E-state index >= 15 is 0 Å². The summed E-state index contributed by atoms with van der Waals surface area (Å²) in [5.74, 6) is 0.387. The molecule has 0 saturated carbocycles. The number of rotatable bonds is 7. The molecule has 0 aliphatic carbocycles. The first-order chi connectivity index (χ1) is 9.04. The zero-order valence-corrected chi connectivity index (χ0v) is 12.2. The van der Waals surface area contributed by atoms with E-state index < -0.39 is 6.04 Å². The van der Waals surface area contributed by atoms with Crippen molar-refractivity contribution in [3.8, 4) is 0 Å². The van der Waals surface area contributed by atoms with E-state index in [0.717, 1.165) is 24.8 Å². The molecule has 1 aromatic rings. The number of amides is 1. The summed E-state index contributed by atoms with van der Waals surface area (Å²) in [7, 11) is 0. The third kappa shape index (κ3) is 5.43. The van der Waals surface area contributed by atoms with Gasteiger partial charge in [-0.2, -0.15) is 0 Å². The molecule has 0 fully saturated rings. The van der Waals surface area contributed by atoms with Crippen molar-refractivity contribution >= 4 is 5.91 Å². The molecule has 1 unspecified atom stereocenters. The van der Waals surface area contributed by atoms with E-state index in [1.807, 2.05) is 18.2 Å². The van der Waals surface area contributed by atoms with E-state index in [1.165, 1.54) is 0 Å². The van der Waals surface area contributed by atoms with Gasteiger partial charge in [-0.25, -0.2) is 0 Å². The van der Waals surface area contributed by atoms with Crippen molar-refractivity contribution in [2.75, 3.05) is 0 Å². The monoisotopic (exact) mass is 262 g/mol. The second kappa shape index (κ2) is 7.95. The zero-order chi connectivity index (χ0) is 14.3. The maximum absolute atomic E-state index is 12.1. The predicted octanol–water partition coefficient (Wildman–Crippen LogP) is 3.02. The van der Waals surface area contributed by atoms with E-state index in [1.54, 1.807) is 0 Å². The van der Waals surface area contributed by atoms with E-state index in [0.29, 0.717) is 5.92 Å². The summed E-state index contributed by atoms with van der Waals surface area (Å²) in [5, 5.41) is 3.08. The van der Waals surface area contributed by atoms with Crippen LogP contribution in [0.25, 0.3) is 0 Å². The Morgan fingerprint density at radius 3 is 2.42 bits per heavy atom. The van der Waals surface area contributed by atoms with Crippen molar-refractivity contribution in [3.63, 3.8) is 0 Å². The van der Waals surface area contributed by atoms with Gasteiger partial charge in [0.2, 0.25) is 5.91 Å². The Morgan fingerprint density at radius 2 is 1.89 bits per heavy atom. The van der Waals surface area contributed by atoms with Crippen LogP contribution in [0.1, 0.15) is 51.6 Å². The minimum Gasteiger partial charge on any atom is -0.348 e. The minimum absolute atomic E-state index is 0.0454. The fourth-order valence-electron chi connectivity index (χ4n) is 2.19. The van der Waals surface area contributed by atoms with Crippen molar-refractivity contribution in [2.45, 2.75) is 52.1 Å². The van der Waals surface area contributed by atoms with Gasteiger partial charge in [0.25, 0.3) is 0 Å². The molecule has 1 amide bonds. The molecule has 0 aliphatic heterocycles. The van der Waals surface area contributed by atoms with Gasteiger partial charge in [-0.1, -0.05) is 57.5 Å². The first-order valence-corrected chi connectivity index (χ1v) is 7.15. The van der Waals surface area contributed by atoms with Crippen LogP contribution >= 0.6 is 0 Å². The highest BCUT2D eigenvalue weighted by molar-refractivity contribution is 5.81. The lowest BCUT2D eigenvalue weighted by Gasteiger charge is -2.21. The number of nitrogens with two attached hydrogens (primary N) is 1. The molecule has 0 saturated heterocycles. The molecular formula is C16H26N2O. The summed E-state index contributed by atoms with van der Waals surface area (Å²) in [6, 6.07) is 9.73. The molecule has 0 radical (unpaired) electrons. The average molecular weight is 262 g/mol. The summed E-state index contributed by atoms with van der Waals surface area (Å²) >= 11 is 0. The van der Waals surface area contributed by atoms with Gasteiger partial charge in [-0.15, -0.1) is 0 Å². The maximum Gasteiger partial charge on any atom is 0.237 e. The highest BCUT2D eigenvalue weighted by Gasteiger charge is 2.19. The molecule has 19 heavy (non-hydrogen) atoms. The molecule has 2 atom stereocenters. The van der Waals surface area contributed by atoms with Crippen molar-refractivity contribution in [3.05, 3.63) is 35.9 Å². The van der Waals surface area contributed by atoms with Gasteiger partial charge < -0.3 is 11.1 Å². The number of benzene rings is 1. The summed E-state index contributed by atoms with van der Waals surface area (Å²) < 4.78 is 0. The molecule has 0 bridgehead atoms. The Bertz CT molecular complexity index is 376. The molecular weight excluding hydrogens is 236 g/mol. The molecule has 3 N–H and O–H groups in total. The van der Waals surface area contributed by atoms with Crippen LogP contribution in [0.15, 0.2) is 30.3 Å². The Balaban J connectivity index is 2.66. The number of carbonyl (C=O) groups is 1. The normalized spacial score (nSPS) is 14.2. The zero-order valence-electron chi connectivity index (χ0n) is 12.2. The molecule has 106 valence electrons. The molecule has 1 rings (SSSR count). The van der Waals surface area contributed by atoms with Gasteiger partial charge in [-0.3, -0.25) is 4.79 Å². The second-order valence-corrected chi connectivity index (χ2v) is 5.50. The van der Waals surface area contributed by atoms with Gasteiger partial charge in [0.15, 0.2) is 0 Å². The van der Waals surface area contributed by atoms with Crippen molar-refractivity contribution in [1.82, 2.24) is 5.32 Å². The standard InChI is InChI=1S/C16H26N2O/c1-4-8-15(13-9-6-5-7-10-13)18-16(19)14(17)11-12(2)3/h5-7,9-10,12,14-15H,4,8,11,17H2,1-3H3,(H,18,19)/t14-,15?/m0/s1. The van der Waals surface area contributed by atoms with Crippen LogP contribution in [0.3, 0.4) is 0 Å². The van der Waals surface area contributed by atoms with Gasteiger partial charge >= 0.3 is 0 Å². The molecule has 3 heteroatoms. The van der Waals surface area contributed by atoms with E-state index in [-0.39, 0.29) is 11.9 Å². The van der Waals surface area contributed by atoms with Crippen LogP contribution in [0.5, 0.6) is 0 Å². The highest BCUT2D eigenvalue weighted by atomic mass is 16.2. The van der Waals surface area contributed by atoms with E-state index in [2.05, 4.69) is 38.2 Å². The van der Waals surface area contributed by atoms with Gasteiger partial charge in [0, 0.05) is 0 Å². The van der Waals surface area contributed by atoms with Gasteiger partial charge in [0.05, 0.1) is 12.1 Å². The second-order valence-electron chi connectivity index (χ2n) is 5.50. The van der Waals surface area contributed by atoms with E-state index in [9.17, 15) is 4.79 Å². The number of hydrogen-bond donors (Lipinski definition) is 2. The molecule has 3 nitrogen and oxygen atoms in total. The summed E-state index contributed by atoms with van der Waals surface area (Å²) in [6.07, 6.45) is 2.68. The van der Waals surface area contributed by atoms with Crippen LogP contribution in [0, 0.1) is 5.92 Å². The lowest BCUT2D eigenvalue weighted by atomic mass is 10.00. The summed E-state index contributed by atoms with van der Waals surface area (Å²) in [5.41, 5.74) is 7.08. The Hall–Kier alpha value is -1.35. The SMILES string of the molecule is CCCC(NC(=O)[C@@H](N)CC(C)C)c1ccccc1. The maximum atomic E-state index is 12.1. The molecule has 0 spiro atoms. The number of carbonyl (C=O) groups excluding carboxylic acids is 1. The molecule has 0 aliphatic rings. The average Bonchev–Trinajstić information content (AvgIpc) is 2.38.